The fourth-order valence-electron chi connectivity index (χ4n) is 1.20. The molecule has 0 aromatic heterocycles. The Hall–Kier alpha value is -1.10. The van der Waals surface area contributed by atoms with Crippen molar-refractivity contribution in [2.45, 2.75) is 31.9 Å². The minimum absolute atomic E-state index is 0.166. The minimum atomic E-state index is -1.06. The van der Waals surface area contributed by atoms with E-state index in [2.05, 4.69) is 10.6 Å². The van der Waals surface area contributed by atoms with E-state index in [1.54, 1.807) is 0 Å². The molecule has 1 heterocycles. The largest absolute Gasteiger partial charge is 0.384 e. The van der Waals surface area contributed by atoms with Crippen LogP contribution in [0.3, 0.4) is 0 Å². The Morgan fingerprint density at radius 3 is 3.00 bits per heavy atom. The predicted molar refractivity (Wildman–Crippen MR) is 45.9 cm³/mol. The van der Waals surface area contributed by atoms with E-state index < -0.39 is 18.1 Å². The molecule has 74 valence electrons. The first-order valence-corrected chi connectivity index (χ1v) is 4.37. The van der Waals surface area contributed by atoms with E-state index in [-0.39, 0.29) is 5.91 Å². The van der Waals surface area contributed by atoms with Gasteiger partial charge in [-0.25, -0.2) is 0 Å². The van der Waals surface area contributed by atoms with Gasteiger partial charge in [0.05, 0.1) is 0 Å². The SMILES string of the molecule is C[C@H](O)C(=O)NC1CCCNC1=O. The topological polar surface area (TPSA) is 78.4 Å². The van der Waals surface area contributed by atoms with E-state index in [0.29, 0.717) is 13.0 Å². The second kappa shape index (κ2) is 4.23. The van der Waals surface area contributed by atoms with E-state index in [0.717, 1.165) is 6.42 Å². The second-order valence-corrected chi connectivity index (χ2v) is 3.17. The second-order valence-electron chi connectivity index (χ2n) is 3.17. The molecule has 13 heavy (non-hydrogen) atoms. The van der Waals surface area contributed by atoms with Gasteiger partial charge in [0.25, 0.3) is 0 Å². The maximum atomic E-state index is 11.1. The summed E-state index contributed by atoms with van der Waals surface area (Å²) in [6, 6.07) is -0.476. The van der Waals surface area contributed by atoms with Crippen LogP contribution < -0.4 is 10.6 Å². The number of aliphatic hydroxyl groups excluding tert-OH is 1. The van der Waals surface area contributed by atoms with E-state index in [1.807, 2.05) is 0 Å². The Kier molecular flexibility index (Phi) is 3.25. The molecule has 2 amide bonds. The molecule has 0 bridgehead atoms. The van der Waals surface area contributed by atoms with Crippen LogP contribution in [0.15, 0.2) is 0 Å². The van der Waals surface area contributed by atoms with Gasteiger partial charge in [0.2, 0.25) is 11.8 Å². The summed E-state index contributed by atoms with van der Waals surface area (Å²) in [5, 5.41) is 14.0. The normalized spacial score (nSPS) is 24.8. The molecular formula is C8H14N2O3. The molecule has 1 fully saturated rings. The number of nitrogens with one attached hydrogen (secondary N) is 2. The third-order valence-corrected chi connectivity index (χ3v) is 1.98. The van der Waals surface area contributed by atoms with E-state index in [9.17, 15) is 9.59 Å². The first-order chi connectivity index (χ1) is 6.11. The third-order valence-electron chi connectivity index (χ3n) is 1.98. The van der Waals surface area contributed by atoms with Crippen LogP contribution >= 0.6 is 0 Å². The van der Waals surface area contributed by atoms with Gasteiger partial charge in [-0.2, -0.15) is 0 Å². The van der Waals surface area contributed by atoms with Crippen molar-refractivity contribution in [3.05, 3.63) is 0 Å². The number of carbonyl (C=O) groups is 2. The van der Waals surface area contributed by atoms with Gasteiger partial charge in [0.15, 0.2) is 0 Å². The van der Waals surface area contributed by atoms with Crippen LogP contribution in [0.4, 0.5) is 0 Å². The monoisotopic (exact) mass is 186 g/mol. The zero-order valence-corrected chi connectivity index (χ0v) is 7.54. The van der Waals surface area contributed by atoms with Crippen molar-refractivity contribution in [1.82, 2.24) is 10.6 Å². The van der Waals surface area contributed by atoms with Gasteiger partial charge in [-0.15, -0.1) is 0 Å². The molecule has 0 spiro atoms. The molecule has 3 N–H and O–H groups in total. The number of hydrogen-bond acceptors (Lipinski definition) is 3. The number of amides is 2. The van der Waals surface area contributed by atoms with Crippen molar-refractivity contribution >= 4 is 11.8 Å². The standard InChI is InChI=1S/C8H14N2O3/c1-5(11)7(12)10-6-3-2-4-9-8(6)13/h5-6,11H,2-4H2,1H3,(H,9,13)(H,10,12)/t5-,6?/m0/s1. The van der Waals surface area contributed by atoms with E-state index in [4.69, 9.17) is 5.11 Å². The van der Waals surface area contributed by atoms with Crippen molar-refractivity contribution in [3.63, 3.8) is 0 Å². The van der Waals surface area contributed by atoms with Gasteiger partial charge < -0.3 is 15.7 Å². The summed E-state index contributed by atoms with van der Waals surface area (Å²) in [6.45, 7) is 2.04. The van der Waals surface area contributed by atoms with Crippen LogP contribution in [0, 0.1) is 0 Å². The van der Waals surface area contributed by atoms with Crippen LogP contribution in [0.25, 0.3) is 0 Å². The summed E-state index contributed by atoms with van der Waals surface area (Å²) in [6.07, 6.45) is 0.440. The van der Waals surface area contributed by atoms with Gasteiger partial charge in [-0.3, -0.25) is 9.59 Å². The molecule has 0 aromatic rings. The molecule has 0 saturated carbocycles. The highest BCUT2D eigenvalue weighted by Gasteiger charge is 2.24. The summed E-state index contributed by atoms with van der Waals surface area (Å²) >= 11 is 0. The molecule has 1 rings (SSSR count). The average molecular weight is 186 g/mol. The summed E-state index contributed by atoms with van der Waals surface area (Å²) in [5.74, 6) is -0.665. The number of aliphatic hydroxyl groups is 1. The molecule has 1 aliphatic heterocycles. The Labute approximate surface area is 76.5 Å². The maximum absolute atomic E-state index is 11.1. The zero-order valence-electron chi connectivity index (χ0n) is 7.54. The maximum Gasteiger partial charge on any atom is 0.249 e. The van der Waals surface area contributed by atoms with E-state index >= 15 is 0 Å². The molecule has 5 nitrogen and oxygen atoms in total. The smallest absolute Gasteiger partial charge is 0.249 e. The van der Waals surface area contributed by atoms with Crippen molar-refractivity contribution in [2.75, 3.05) is 6.54 Å². The lowest BCUT2D eigenvalue weighted by Crippen LogP contribution is -2.52. The molecule has 2 atom stereocenters. The van der Waals surface area contributed by atoms with E-state index in [1.165, 1.54) is 6.92 Å². The summed E-state index contributed by atoms with van der Waals surface area (Å²) in [5.41, 5.74) is 0. The van der Waals surface area contributed by atoms with Crippen molar-refractivity contribution < 1.29 is 14.7 Å². The average Bonchev–Trinajstić information content (AvgIpc) is 2.08. The summed E-state index contributed by atoms with van der Waals surface area (Å²) in [4.78, 5) is 22.2. The Bertz CT molecular complexity index is 215. The number of rotatable bonds is 2. The molecule has 1 aliphatic rings. The van der Waals surface area contributed by atoms with Crippen molar-refractivity contribution in [3.8, 4) is 0 Å². The molecule has 0 radical (unpaired) electrons. The minimum Gasteiger partial charge on any atom is -0.384 e. The van der Waals surface area contributed by atoms with Gasteiger partial charge in [-0.1, -0.05) is 0 Å². The number of piperidine rings is 1. The van der Waals surface area contributed by atoms with Gasteiger partial charge in [0, 0.05) is 6.54 Å². The quantitative estimate of drug-likeness (QED) is 0.505. The van der Waals surface area contributed by atoms with Crippen LogP contribution in [0.1, 0.15) is 19.8 Å². The van der Waals surface area contributed by atoms with Crippen molar-refractivity contribution in [1.29, 1.82) is 0 Å². The predicted octanol–water partition coefficient (Wildman–Crippen LogP) is -1.24. The zero-order chi connectivity index (χ0) is 9.84. The molecule has 1 saturated heterocycles. The molecule has 1 unspecified atom stereocenters. The fraction of sp³-hybridized carbons (Fsp3) is 0.750. The van der Waals surface area contributed by atoms with Crippen LogP contribution in [0.2, 0.25) is 0 Å². The number of hydrogen-bond donors (Lipinski definition) is 3. The fourth-order valence-corrected chi connectivity index (χ4v) is 1.20. The van der Waals surface area contributed by atoms with Crippen LogP contribution in [0.5, 0.6) is 0 Å². The Morgan fingerprint density at radius 1 is 1.77 bits per heavy atom. The van der Waals surface area contributed by atoms with Crippen LogP contribution in [-0.2, 0) is 9.59 Å². The lowest BCUT2D eigenvalue weighted by molar-refractivity contribution is -0.134. The van der Waals surface area contributed by atoms with Crippen LogP contribution in [-0.4, -0.2) is 35.6 Å². The van der Waals surface area contributed by atoms with Gasteiger partial charge >= 0.3 is 0 Å². The number of carbonyl (C=O) groups excluding carboxylic acids is 2. The molecule has 0 aromatic carbocycles. The highest BCUT2D eigenvalue weighted by atomic mass is 16.3. The first kappa shape index (κ1) is 9.98. The third kappa shape index (κ3) is 2.69. The molecular weight excluding hydrogens is 172 g/mol. The highest BCUT2D eigenvalue weighted by molar-refractivity contribution is 5.89. The lowest BCUT2D eigenvalue weighted by atomic mass is 10.1. The first-order valence-electron chi connectivity index (χ1n) is 4.37. The molecule has 0 aliphatic carbocycles. The van der Waals surface area contributed by atoms with Gasteiger partial charge in [-0.05, 0) is 19.8 Å². The lowest BCUT2D eigenvalue weighted by Gasteiger charge is -2.23. The van der Waals surface area contributed by atoms with Gasteiger partial charge in [0.1, 0.15) is 12.1 Å². The summed E-state index contributed by atoms with van der Waals surface area (Å²) < 4.78 is 0. The Balaban J connectivity index is 2.43. The van der Waals surface area contributed by atoms with Crippen molar-refractivity contribution in [2.24, 2.45) is 0 Å². The summed E-state index contributed by atoms with van der Waals surface area (Å²) in [7, 11) is 0. The Morgan fingerprint density at radius 2 is 2.46 bits per heavy atom. The molecule has 5 heteroatoms. The highest BCUT2D eigenvalue weighted by Crippen LogP contribution is 2.02.